The molecule has 1 N–H and O–H groups in total. The van der Waals surface area contributed by atoms with Crippen molar-refractivity contribution in [2.75, 3.05) is 0 Å². The van der Waals surface area contributed by atoms with Crippen LogP contribution in [0.15, 0.2) is 24.3 Å². The second-order valence-electron chi connectivity index (χ2n) is 9.75. The van der Waals surface area contributed by atoms with E-state index in [1.807, 2.05) is 0 Å². The largest absolute Gasteiger partial charge is 0.392 e. The molecule has 5 rings (SSSR count). The van der Waals surface area contributed by atoms with Crippen LogP contribution < -0.4 is 5.32 Å². The predicted octanol–water partition coefficient (Wildman–Crippen LogP) is 4.88. The summed E-state index contributed by atoms with van der Waals surface area (Å²) in [5.74, 6) is -2.35. The Kier molecular flexibility index (Phi) is 6.72. The fourth-order valence-electron chi connectivity index (χ4n) is 5.08. The first-order valence-corrected chi connectivity index (χ1v) is 12.5. The van der Waals surface area contributed by atoms with E-state index in [1.165, 1.54) is 4.68 Å². The minimum absolute atomic E-state index is 0.0268. The topological polar surface area (TPSA) is 77.6 Å². The number of hydrogen-bond donors (Lipinski definition) is 1. The fourth-order valence-corrected chi connectivity index (χ4v) is 5.08. The first-order chi connectivity index (χ1) is 17.9. The van der Waals surface area contributed by atoms with Gasteiger partial charge in [-0.05, 0) is 24.8 Å². The first-order valence-electron chi connectivity index (χ1n) is 12.5. The number of imidazole rings is 1. The highest BCUT2D eigenvalue weighted by molar-refractivity contribution is 5.94. The van der Waals surface area contributed by atoms with Crippen molar-refractivity contribution in [3.05, 3.63) is 52.9 Å². The standard InChI is InChI=1S/C25H26F6N6O/c1-2-18-21(36-9-7-16(24(26,27)28)11-19(36)33-18)23(38)32-13-14-3-5-15(6-4-14)22-34-20-12-17(25(29,30)31)8-10-37(20)35-22/h3-6,16-17H,2,7-13H2,1H3,(H,32,38). The highest BCUT2D eigenvalue weighted by atomic mass is 19.4. The van der Waals surface area contributed by atoms with Crippen LogP contribution in [0, 0.1) is 11.8 Å². The van der Waals surface area contributed by atoms with Crippen LogP contribution >= 0.6 is 0 Å². The third-order valence-corrected chi connectivity index (χ3v) is 7.26. The lowest BCUT2D eigenvalue weighted by Crippen LogP contribution is -2.33. The number of amides is 1. The minimum atomic E-state index is -4.30. The maximum absolute atomic E-state index is 13.2. The highest BCUT2D eigenvalue weighted by Crippen LogP contribution is 2.36. The summed E-state index contributed by atoms with van der Waals surface area (Å²) < 4.78 is 81.9. The van der Waals surface area contributed by atoms with Crippen LogP contribution in [-0.4, -0.2) is 42.6 Å². The van der Waals surface area contributed by atoms with Gasteiger partial charge in [0.25, 0.3) is 5.91 Å². The van der Waals surface area contributed by atoms with E-state index in [9.17, 15) is 31.1 Å². The van der Waals surface area contributed by atoms with Crippen LogP contribution in [0.1, 0.15) is 53.2 Å². The molecule has 4 heterocycles. The summed E-state index contributed by atoms with van der Waals surface area (Å²) in [5, 5.41) is 7.17. The zero-order valence-corrected chi connectivity index (χ0v) is 20.5. The minimum Gasteiger partial charge on any atom is -0.347 e. The quantitative estimate of drug-likeness (QED) is 0.468. The van der Waals surface area contributed by atoms with Gasteiger partial charge in [0, 0.05) is 38.0 Å². The lowest BCUT2D eigenvalue weighted by Gasteiger charge is -2.26. The SMILES string of the molecule is CCc1nc2n(c1C(=O)NCc1ccc(-c3nc4n(n3)CCC(C(F)(F)F)C4)cc1)CCC(C(F)(F)F)C2. The maximum Gasteiger partial charge on any atom is 0.392 e. The molecule has 0 aliphatic carbocycles. The maximum atomic E-state index is 13.2. The number of carbonyl (C=O) groups excluding carboxylic acids is 1. The number of fused-ring (bicyclic) bond motifs is 2. The molecule has 13 heteroatoms. The monoisotopic (exact) mass is 540 g/mol. The van der Waals surface area contributed by atoms with Crippen molar-refractivity contribution in [3.8, 4) is 11.4 Å². The Hall–Kier alpha value is -3.38. The van der Waals surface area contributed by atoms with E-state index in [0.717, 1.165) is 5.56 Å². The molecule has 1 amide bonds. The number of hydrogen-bond acceptors (Lipinski definition) is 4. The molecule has 0 saturated heterocycles. The molecule has 2 aliphatic heterocycles. The fraction of sp³-hybridized carbons (Fsp3) is 0.520. The van der Waals surface area contributed by atoms with Gasteiger partial charge in [-0.25, -0.2) is 14.6 Å². The van der Waals surface area contributed by atoms with Gasteiger partial charge in [0.2, 0.25) is 0 Å². The summed E-state index contributed by atoms with van der Waals surface area (Å²) in [5.41, 5.74) is 2.17. The van der Waals surface area contributed by atoms with Gasteiger partial charge in [0.15, 0.2) is 5.82 Å². The molecule has 3 aromatic rings. The number of carbonyl (C=O) groups is 1. The molecular formula is C25H26F6N6O. The van der Waals surface area contributed by atoms with E-state index in [0.29, 0.717) is 35.0 Å². The predicted molar refractivity (Wildman–Crippen MR) is 124 cm³/mol. The number of benzene rings is 1. The molecule has 0 saturated carbocycles. The molecule has 0 spiro atoms. The van der Waals surface area contributed by atoms with Crippen LogP contribution in [0.5, 0.6) is 0 Å². The van der Waals surface area contributed by atoms with E-state index >= 15 is 0 Å². The Bertz CT molecular complexity index is 1320. The normalized spacial score (nSPS) is 19.7. The Labute approximate surface area is 214 Å². The Morgan fingerprint density at radius 2 is 1.58 bits per heavy atom. The second-order valence-corrected chi connectivity index (χ2v) is 9.75. The summed E-state index contributed by atoms with van der Waals surface area (Å²) in [6.07, 6.45) is -8.71. The average molecular weight is 541 g/mol. The lowest BCUT2D eigenvalue weighted by atomic mass is 9.97. The van der Waals surface area contributed by atoms with Crippen LogP contribution in [0.3, 0.4) is 0 Å². The third kappa shape index (κ3) is 5.14. The van der Waals surface area contributed by atoms with Gasteiger partial charge < -0.3 is 9.88 Å². The lowest BCUT2D eigenvalue weighted by molar-refractivity contribution is -0.180. The number of aromatic nitrogens is 5. The van der Waals surface area contributed by atoms with E-state index in [-0.39, 0.29) is 51.1 Å². The summed E-state index contributed by atoms with van der Waals surface area (Å²) in [4.78, 5) is 21.6. The smallest absolute Gasteiger partial charge is 0.347 e. The van der Waals surface area contributed by atoms with Crippen molar-refractivity contribution in [1.82, 2.24) is 29.6 Å². The number of aryl methyl sites for hydroxylation is 2. The van der Waals surface area contributed by atoms with Gasteiger partial charge in [-0.3, -0.25) is 4.79 Å². The third-order valence-electron chi connectivity index (χ3n) is 7.26. The zero-order chi connectivity index (χ0) is 27.2. The van der Waals surface area contributed by atoms with Crippen molar-refractivity contribution in [3.63, 3.8) is 0 Å². The molecule has 2 aliphatic rings. The average Bonchev–Trinajstić information content (AvgIpc) is 3.47. The van der Waals surface area contributed by atoms with Crippen LogP contribution in [0.2, 0.25) is 0 Å². The number of nitrogens with zero attached hydrogens (tertiary/aromatic N) is 5. The number of halogens is 6. The van der Waals surface area contributed by atoms with Gasteiger partial charge in [-0.15, -0.1) is 0 Å². The van der Waals surface area contributed by atoms with Gasteiger partial charge in [0.1, 0.15) is 17.3 Å². The van der Waals surface area contributed by atoms with Gasteiger partial charge >= 0.3 is 12.4 Å². The first kappa shape index (κ1) is 26.2. The number of rotatable bonds is 5. The summed E-state index contributed by atoms with van der Waals surface area (Å²) in [7, 11) is 0. The molecular weight excluding hydrogens is 514 g/mol. The van der Waals surface area contributed by atoms with Crippen LogP contribution in [0.25, 0.3) is 11.4 Å². The number of alkyl halides is 6. The van der Waals surface area contributed by atoms with Gasteiger partial charge in [0.05, 0.1) is 17.5 Å². The Morgan fingerprint density at radius 3 is 2.21 bits per heavy atom. The second kappa shape index (κ2) is 9.73. The summed E-state index contributed by atoms with van der Waals surface area (Å²) >= 11 is 0. The van der Waals surface area contributed by atoms with E-state index < -0.39 is 30.1 Å². The Balaban J connectivity index is 1.25. The molecule has 0 radical (unpaired) electrons. The van der Waals surface area contributed by atoms with Crippen molar-refractivity contribution in [2.45, 2.75) is 71.0 Å². The molecule has 38 heavy (non-hydrogen) atoms. The Morgan fingerprint density at radius 1 is 0.947 bits per heavy atom. The van der Waals surface area contributed by atoms with Crippen LogP contribution in [0.4, 0.5) is 26.3 Å². The van der Waals surface area contributed by atoms with Crippen molar-refractivity contribution in [1.29, 1.82) is 0 Å². The van der Waals surface area contributed by atoms with Crippen molar-refractivity contribution < 1.29 is 31.1 Å². The van der Waals surface area contributed by atoms with Crippen LogP contribution in [-0.2, 0) is 38.9 Å². The van der Waals surface area contributed by atoms with E-state index in [1.54, 1.807) is 35.8 Å². The number of nitrogens with one attached hydrogen (secondary N) is 1. The molecule has 1 aromatic carbocycles. The molecule has 0 fully saturated rings. The zero-order valence-electron chi connectivity index (χ0n) is 20.5. The summed E-state index contributed by atoms with van der Waals surface area (Å²) in [6, 6.07) is 6.99. The molecule has 7 nitrogen and oxygen atoms in total. The van der Waals surface area contributed by atoms with Gasteiger partial charge in [-0.2, -0.15) is 31.4 Å². The molecule has 0 bridgehead atoms. The van der Waals surface area contributed by atoms with E-state index in [2.05, 4.69) is 20.4 Å². The van der Waals surface area contributed by atoms with E-state index in [4.69, 9.17) is 0 Å². The molecule has 2 aromatic heterocycles. The summed E-state index contributed by atoms with van der Waals surface area (Å²) in [6.45, 7) is 2.21. The molecule has 2 atom stereocenters. The highest BCUT2D eigenvalue weighted by Gasteiger charge is 2.43. The molecule has 204 valence electrons. The van der Waals surface area contributed by atoms with Crippen molar-refractivity contribution in [2.24, 2.45) is 11.8 Å². The van der Waals surface area contributed by atoms with Crippen molar-refractivity contribution >= 4 is 5.91 Å². The van der Waals surface area contributed by atoms with Gasteiger partial charge in [-0.1, -0.05) is 31.2 Å². The molecule has 2 unspecified atom stereocenters.